The van der Waals surface area contributed by atoms with E-state index >= 15 is 0 Å². The van der Waals surface area contributed by atoms with E-state index in [-0.39, 0.29) is 23.1 Å². The Morgan fingerprint density at radius 1 is 1.17 bits per heavy atom. The summed E-state index contributed by atoms with van der Waals surface area (Å²) in [6.45, 7) is 1.38. The summed E-state index contributed by atoms with van der Waals surface area (Å²) in [5.41, 5.74) is 1.71. The summed E-state index contributed by atoms with van der Waals surface area (Å²) < 4.78 is 5.14. The molecule has 4 rings (SSSR count). The Morgan fingerprint density at radius 2 is 1.90 bits per heavy atom. The Hall–Kier alpha value is -2.79. The minimum Gasteiger partial charge on any atom is -0.495 e. The van der Waals surface area contributed by atoms with E-state index in [4.69, 9.17) is 16.3 Å². The fraction of sp³-hybridized carbons (Fsp3) is 0.333. The lowest BCUT2D eigenvalue weighted by molar-refractivity contribution is -0.127. The molecule has 0 radical (unpaired) electrons. The number of methoxy groups -OCH3 is 1. The van der Waals surface area contributed by atoms with Crippen molar-refractivity contribution in [2.75, 3.05) is 25.5 Å². The lowest BCUT2D eigenvalue weighted by Gasteiger charge is -2.32. The van der Waals surface area contributed by atoms with Gasteiger partial charge >= 0.3 is 0 Å². The molecule has 1 saturated heterocycles. The molecule has 6 heteroatoms. The van der Waals surface area contributed by atoms with Gasteiger partial charge in [-0.2, -0.15) is 0 Å². The zero-order valence-corrected chi connectivity index (χ0v) is 17.7. The van der Waals surface area contributed by atoms with Crippen LogP contribution >= 0.6 is 11.6 Å². The number of amides is 2. The average molecular weight is 425 g/mol. The highest BCUT2D eigenvalue weighted by atomic mass is 35.5. The zero-order chi connectivity index (χ0) is 21.1. The number of nitrogens with zero attached hydrogens (tertiary/aromatic N) is 1. The number of rotatable bonds is 5. The van der Waals surface area contributed by atoms with Crippen LogP contribution in [0.2, 0.25) is 5.02 Å². The summed E-state index contributed by atoms with van der Waals surface area (Å²) in [7, 11) is 1.56. The van der Waals surface area contributed by atoms with Gasteiger partial charge in [0.25, 0.3) is 0 Å². The molecule has 0 aromatic heterocycles. The molecule has 1 N–H and O–H groups in total. The molecule has 1 atom stereocenters. The molecule has 2 fully saturated rings. The SMILES string of the molecule is COc1ccc(NC(=O)C2CC23CCN(C(=O)C=Cc2ccccc2)CC3)cc1Cl. The first kappa shape index (κ1) is 20.5. The van der Waals surface area contributed by atoms with Gasteiger partial charge in [-0.05, 0) is 54.5 Å². The van der Waals surface area contributed by atoms with Crippen molar-refractivity contribution in [3.05, 3.63) is 65.2 Å². The van der Waals surface area contributed by atoms with Crippen molar-refractivity contribution in [3.8, 4) is 5.75 Å². The van der Waals surface area contributed by atoms with Gasteiger partial charge in [-0.25, -0.2) is 0 Å². The fourth-order valence-corrected chi connectivity index (χ4v) is 4.51. The summed E-state index contributed by atoms with van der Waals surface area (Å²) in [5, 5.41) is 3.44. The third-order valence-corrected chi connectivity index (χ3v) is 6.51. The Labute approximate surface area is 181 Å². The molecule has 2 aliphatic rings. The van der Waals surface area contributed by atoms with Gasteiger partial charge in [0.05, 0.1) is 12.1 Å². The number of ether oxygens (including phenoxy) is 1. The Morgan fingerprint density at radius 3 is 2.57 bits per heavy atom. The molecule has 2 aromatic carbocycles. The minimum atomic E-state index is -0.00418. The highest BCUT2D eigenvalue weighted by molar-refractivity contribution is 6.32. The maximum Gasteiger partial charge on any atom is 0.246 e. The lowest BCUT2D eigenvalue weighted by Crippen LogP contribution is -2.39. The number of carbonyl (C=O) groups is 2. The van der Waals surface area contributed by atoms with Crippen molar-refractivity contribution in [1.82, 2.24) is 4.90 Å². The van der Waals surface area contributed by atoms with E-state index in [2.05, 4.69) is 5.32 Å². The van der Waals surface area contributed by atoms with Crippen molar-refractivity contribution >= 4 is 35.2 Å². The molecule has 2 amide bonds. The Bertz CT molecular complexity index is 966. The van der Waals surface area contributed by atoms with Crippen LogP contribution < -0.4 is 10.1 Å². The van der Waals surface area contributed by atoms with Crippen LogP contribution in [-0.4, -0.2) is 36.9 Å². The standard InChI is InChI=1S/C24H25ClN2O3/c1-30-21-9-8-18(15-20(21)25)26-23(29)19-16-24(19)11-13-27(14-12-24)22(28)10-7-17-5-3-2-4-6-17/h2-10,15,19H,11-14,16H2,1H3,(H,26,29). The zero-order valence-electron chi connectivity index (χ0n) is 16.9. The van der Waals surface area contributed by atoms with Crippen LogP contribution in [0.4, 0.5) is 5.69 Å². The van der Waals surface area contributed by atoms with E-state index in [1.807, 2.05) is 41.3 Å². The van der Waals surface area contributed by atoms with Gasteiger partial charge in [0.1, 0.15) is 5.75 Å². The van der Waals surface area contributed by atoms with Crippen molar-refractivity contribution in [1.29, 1.82) is 0 Å². The predicted octanol–water partition coefficient (Wildman–Crippen LogP) is 4.63. The smallest absolute Gasteiger partial charge is 0.246 e. The van der Waals surface area contributed by atoms with Crippen molar-refractivity contribution in [2.45, 2.75) is 19.3 Å². The maximum atomic E-state index is 12.7. The molecule has 0 bridgehead atoms. The Kier molecular flexibility index (Phi) is 5.82. The number of likely N-dealkylation sites (tertiary alicyclic amines) is 1. The second kappa shape index (κ2) is 8.52. The molecule has 156 valence electrons. The van der Waals surface area contributed by atoms with Gasteiger partial charge in [0.2, 0.25) is 11.8 Å². The molecule has 30 heavy (non-hydrogen) atoms. The van der Waals surface area contributed by atoms with Gasteiger partial charge < -0.3 is 15.0 Å². The van der Waals surface area contributed by atoms with Crippen molar-refractivity contribution in [3.63, 3.8) is 0 Å². The summed E-state index contributed by atoms with van der Waals surface area (Å²) in [5.74, 6) is 0.634. The van der Waals surface area contributed by atoms with E-state index in [9.17, 15) is 9.59 Å². The normalized spacial score (nSPS) is 19.7. The molecule has 1 aliphatic carbocycles. The predicted molar refractivity (Wildman–Crippen MR) is 118 cm³/mol. The fourth-order valence-electron chi connectivity index (χ4n) is 4.25. The van der Waals surface area contributed by atoms with E-state index in [1.165, 1.54) is 0 Å². The number of benzene rings is 2. The maximum absolute atomic E-state index is 12.7. The van der Waals surface area contributed by atoms with Crippen LogP contribution in [0.1, 0.15) is 24.8 Å². The summed E-state index contributed by atoms with van der Waals surface area (Å²) in [4.78, 5) is 27.1. The summed E-state index contributed by atoms with van der Waals surface area (Å²) in [6, 6.07) is 15.0. The van der Waals surface area contributed by atoms with Crippen LogP contribution in [-0.2, 0) is 9.59 Å². The van der Waals surface area contributed by atoms with Gasteiger partial charge in [0.15, 0.2) is 0 Å². The first-order valence-electron chi connectivity index (χ1n) is 10.2. The van der Waals surface area contributed by atoms with E-state index in [0.717, 1.165) is 24.8 Å². The van der Waals surface area contributed by atoms with Crippen LogP contribution in [0.3, 0.4) is 0 Å². The second-order valence-electron chi connectivity index (χ2n) is 8.03. The first-order valence-corrected chi connectivity index (χ1v) is 10.5. The second-order valence-corrected chi connectivity index (χ2v) is 8.43. The largest absolute Gasteiger partial charge is 0.495 e. The third-order valence-electron chi connectivity index (χ3n) is 6.21. The number of carbonyl (C=O) groups excluding carboxylic acids is 2. The molecule has 1 saturated carbocycles. The van der Waals surface area contributed by atoms with Crippen LogP contribution in [0.5, 0.6) is 5.75 Å². The van der Waals surface area contributed by atoms with E-state index in [1.54, 1.807) is 31.4 Å². The molecular weight excluding hydrogens is 400 g/mol. The number of piperidine rings is 1. The van der Waals surface area contributed by atoms with Crippen molar-refractivity contribution in [2.24, 2.45) is 11.3 Å². The molecule has 1 heterocycles. The molecule has 1 spiro atoms. The molecule has 1 unspecified atom stereocenters. The van der Waals surface area contributed by atoms with Crippen LogP contribution in [0.25, 0.3) is 6.08 Å². The van der Waals surface area contributed by atoms with E-state index in [0.29, 0.717) is 29.5 Å². The van der Waals surface area contributed by atoms with Crippen LogP contribution in [0.15, 0.2) is 54.6 Å². The van der Waals surface area contributed by atoms with Gasteiger partial charge in [-0.1, -0.05) is 41.9 Å². The lowest BCUT2D eigenvalue weighted by atomic mass is 9.90. The quantitative estimate of drug-likeness (QED) is 0.712. The van der Waals surface area contributed by atoms with Gasteiger partial charge in [0, 0.05) is 30.8 Å². The molecule has 2 aromatic rings. The number of nitrogens with one attached hydrogen (secondary N) is 1. The third kappa shape index (κ3) is 4.36. The van der Waals surface area contributed by atoms with E-state index < -0.39 is 0 Å². The van der Waals surface area contributed by atoms with Crippen LogP contribution in [0, 0.1) is 11.3 Å². The summed E-state index contributed by atoms with van der Waals surface area (Å²) in [6.07, 6.45) is 6.08. The van der Waals surface area contributed by atoms with Gasteiger partial charge in [-0.3, -0.25) is 9.59 Å². The highest BCUT2D eigenvalue weighted by Crippen LogP contribution is 2.59. The topological polar surface area (TPSA) is 58.6 Å². The van der Waals surface area contributed by atoms with Crippen molar-refractivity contribution < 1.29 is 14.3 Å². The average Bonchev–Trinajstić information content (AvgIpc) is 3.47. The minimum absolute atomic E-state index is 0.00418. The Balaban J connectivity index is 1.29. The highest BCUT2D eigenvalue weighted by Gasteiger charge is 2.58. The number of hydrogen-bond donors (Lipinski definition) is 1. The number of anilines is 1. The molecule has 1 aliphatic heterocycles. The first-order chi connectivity index (χ1) is 14.5. The molecular formula is C24H25ClN2O3. The number of hydrogen-bond acceptors (Lipinski definition) is 3. The van der Waals surface area contributed by atoms with Gasteiger partial charge in [-0.15, -0.1) is 0 Å². The summed E-state index contributed by atoms with van der Waals surface area (Å²) >= 11 is 6.14. The molecule has 5 nitrogen and oxygen atoms in total. The number of halogens is 1. The monoisotopic (exact) mass is 424 g/mol.